The highest BCUT2D eigenvalue weighted by molar-refractivity contribution is 8.02. The van der Waals surface area contributed by atoms with Crippen molar-refractivity contribution in [3.8, 4) is 5.75 Å². The zero-order valence-electron chi connectivity index (χ0n) is 14.9. The lowest BCUT2D eigenvalue weighted by Crippen LogP contribution is -2.31. The SMILES string of the molecule is COc1cc(NC(=O)C2=CSCCO2)c(Cl)cc1C(=O)NCCN(C)C. The number of halogens is 1. The minimum Gasteiger partial charge on any atom is -0.496 e. The number of likely N-dealkylation sites (N-methyl/N-ethyl adjacent to an activating group) is 1. The molecule has 0 atom stereocenters. The largest absolute Gasteiger partial charge is 0.496 e. The zero-order valence-corrected chi connectivity index (χ0v) is 16.5. The summed E-state index contributed by atoms with van der Waals surface area (Å²) in [6, 6.07) is 3.00. The summed E-state index contributed by atoms with van der Waals surface area (Å²) in [7, 11) is 5.30. The van der Waals surface area contributed by atoms with Crippen molar-refractivity contribution in [3.05, 3.63) is 33.9 Å². The normalized spacial score (nSPS) is 13.7. The molecule has 0 aliphatic carbocycles. The Labute approximate surface area is 162 Å². The second kappa shape index (κ2) is 9.70. The minimum absolute atomic E-state index is 0.237. The summed E-state index contributed by atoms with van der Waals surface area (Å²) in [6.45, 7) is 1.68. The lowest BCUT2D eigenvalue weighted by Gasteiger charge is -2.16. The van der Waals surface area contributed by atoms with Crippen LogP contribution in [-0.4, -0.2) is 63.4 Å². The number of nitrogens with zero attached hydrogens (tertiary/aromatic N) is 1. The van der Waals surface area contributed by atoms with E-state index in [1.165, 1.54) is 31.0 Å². The molecule has 2 amide bonds. The van der Waals surface area contributed by atoms with Gasteiger partial charge in [-0.3, -0.25) is 9.59 Å². The van der Waals surface area contributed by atoms with Gasteiger partial charge in [-0.2, -0.15) is 0 Å². The van der Waals surface area contributed by atoms with Gasteiger partial charge in [0.15, 0.2) is 5.76 Å². The molecule has 2 N–H and O–H groups in total. The molecule has 26 heavy (non-hydrogen) atoms. The maximum atomic E-state index is 12.4. The minimum atomic E-state index is -0.399. The molecule has 1 aromatic carbocycles. The van der Waals surface area contributed by atoms with Crippen LogP contribution in [0.2, 0.25) is 5.02 Å². The van der Waals surface area contributed by atoms with Gasteiger partial charge in [-0.25, -0.2) is 0 Å². The first-order valence-corrected chi connectivity index (χ1v) is 9.41. The number of carbonyl (C=O) groups is 2. The van der Waals surface area contributed by atoms with E-state index in [1.807, 2.05) is 19.0 Å². The third-order valence-corrected chi connectivity index (χ3v) is 4.60. The summed E-state index contributed by atoms with van der Waals surface area (Å²) in [4.78, 5) is 26.6. The number of methoxy groups -OCH3 is 1. The Kier molecular flexibility index (Phi) is 7.62. The monoisotopic (exact) mass is 399 g/mol. The highest BCUT2D eigenvalue weighted by Gasteiger charge is 2.19. The third kappa shape index (κ3) is 5.55. The number of anilines is 1. The van der Waals surface area contributed by atoms with Crippen molar-refractivity contribution < 1.29 is 19.1 Å². The summed E-state index contributed by atoms with van der Waals surface area (Å²) in [6.07, 6.45) is 0. The van der Waals surface area contributed by atoms with Crippen molar-refractivity contribution in [2.75, 3.05) is 52.0 Å². The van der Waals surface area contributed by atoms with Crippen molar-refractivity contribution >= 4 is 40.9 Å². The molecule has 1 heterocycles. The van der Waals surface area contributed by atoms with Gasteiger partial charge in [0, 0.05) is 30.3 Å². The van der Waals surface area contributed by atoms with Crippen LogP contribution in [0.4, 0.5) is 5.69 Å². The Balaban J connectivity index is 2.13. The first kappa shape index (κ1) is 20.4. The molecule has 2 rings (SSSR count). The smallest absolute Gasteiger partial charge is 0.291 e. The van der Waals surface area contributed by atoms with Crippen LogP contribution >= 0.6 is 23.4 Å². The quantitative estimate of drug-likeness (QED) is 0.731. The Hall–Kier alpha value is -1.90. The molecule has 0 spiro atoms. The molecule has 0 radical (unpaired) electrons. The highest BCUT2D eigenvalue weighted by atomic mass is 35.5. The number of nitrogens with one attached hydrogen (secondary N) is 2. The topological polar surface area (TPSA) is 79.9 Å². The fraction of sp³-hybridized carbons (Fsp3) is 0.412. The lowest BCUT2D eigenvalue weighted by molar-refractivity contribution is -0.116. The zero-order chi connectivity index (χ0) is 19.1. The summed E-state index contributed by atoms with van der Waals surface area (Å²) < 4.78 is 10.6. The predicted molar refractivity (Wildman–Crippen MR) is 104 cm³/mol. The maximum Gasteiger partial charge on any atom is 0.291 e. The van der Waals surface area contributed by atoms with Gasteiger partial charge in [0.05, 0.1) is 30.0 Å². The van der Waals surface area contributed by atoms with Gasteiger partial charge in [0.25, 0.3) is 11.8 Å². The van der Waals surface area contributed by atoms with E-state index < -0.39 is 5.91 Å². The van der Waals surface area contributed by atoms with E-state index in [1.54, 1.807) is 5.41 Å². The molecular weight excluding hydrogens is 378 g/mol. The molecule has 0 saturated carbocycles. The number of hydrogen-bond donors (Lipinski definition) is 2. The van der Waals surface area contributed by atoms with Crippen molar-refractivity contribution in [1.82, 2.24) is 10.2 Å². The van der Waals surface area contributed by atoms with Gasteiger partial charge in [0.1, 0.15) is 5.75 Å². The van der Waals surface area contributed by atoms with E-state index in [0.717, 1.165) is 5.75 Å². The molecule has 1 aliphatic heterocycles. The highest BCUT2D eigenvalue weighted by Crippen LogP contribution is 2.31. The number of hydrogen-bond acceptors (Lipinski definition) is 6. The Morgan fingerprint density at radius 2 is 2.12 bits per heavy atom. The van der Waals surface area contributed by atoms with Crippen LogP contribution in [-0.2, 0) is 9.53 Å². The van der Waals surface area contributed by atoms with Gasteiger partial charge in [-0.05, 0) is 20.2 Å². The first-order chi connectivity index (χ1) is 12.4. The van der Waals surface area contributed by atoms with Crippen LogP contribution in [0.1, 0.15) is 10.4 Å². The average Bonchev–Trinajstić information content (AvgIpc) is 2.63. The molecule has 0 fully saturated rings. The van der Waals surface area contributed by atoms with Gasteiger partial charge in [0.2, 0.25) is 0 Å². The van der Waals surface area contributed by atoms with Crippen molar-refractivity contribution in [2.45, 2.75) is 0 Å². The number of amides is 2. The summed E-state index contributed by atoms with van der Waals surface area (Å²) in [5, 5.41) is 7.39. The first-order valence-electron chi connectivity index (χ1n) is 7.98. The van der Waals surface area contributed by atoms with Crippen LogP contribution in [0, 0.1) is 0 Å². The van der Waals surface area contributed by atoms with E-state index >= 15 is 0 Å². The maximum absolute atomic E-state index is 12.4. The van der Waals surface area contributed by atoms with Crippen LogP contribution in [0.5, 0.6) is 5.75 Å². The van der Waals surface area contributed by atoms with Crippen LogP contribution < -0.4 is 15.4 Å². The molecule has 1 aliphatic rings. The third-order valence-electron chi connectivity index (χ3n) is 3.50. The number of thioether (sulfide) groups is 1. The van der Waals surface area contributed by atoms with E-state index in [9.17, 15) is 9.59 Å². The lowest BCUT2D eigenvalue weighted by atomic mass is 10.1. The summed E-state index contributed by atoms with van der Waals surface area (Å²) in [5.74, 6) is 0.674. The Bertz CT molecular complexity index is 709. The van der Waals surface area contributed by atoms with Crippen molar-refractivity contribution in [1.29, 1.82) is 0 Å². The van der Waals surface area contributed by atoms with Crippen molar-refractivity contribution in [3.63, 3.8) is 0 Å². The van der Waals surface area contributed by atoms with Gasteiger partial charge in [-0.1, -0.05) is 11.6 Å². The Morgan fingerprint density at radius 3 is 2.73 bits per heavy atom. The van der Waals surface area contributed by atoms with Gasteiger partial charge >= 0.3 is 0 Å². The number of rotatable bonds is 7. The number of ether oxygens (including phenoxy) is 2. The van der Waals surface area contributed by atoms with E-state index in [2.05, 4.69) is 10.6 Å². The molecule has 7 nitrogen and oxygen atoms in total. The number of carbonyl (C=O) groups excluding carboxylic acids is 2. The number of benzene rings is 1. The molecule has 0 aromatic heterocycles. The fourth-order valence-corrected chi connectivity index (χ4v) is 2.99. The van der Waals surface area contributed by atoms with Crippen LogP contribution in [0.25, 0.3) is 0 Å². The average molecular weight is 400 g/mol. The molecule has 0 bridgehead atoms. The predicted octanol–water partition coefficient (Wildman–Crippen LogP) is 2.18. The molecule has 1 aromatic rings. The van der Waals surface area contributed by atoms with Crippen molar-refractivity contribution in [2.24, 2.45) is 0 Å². The second-order valence-electron chi connectivity index (χ2n) is 5.75. The van der Waals surface area contributed by atoms with Gasteiger partial charge in [-0.15, -0.1) is 11.8 Å². The molecular formula is C17H22ClN3O4S. The van der Waals surface area contributed by atoms with Crippen LogP contribution in [0.15, 0.2) is 23.3 Å². The fourth-order valence-electron chi connectivity index (χ4n) is 2.16. The standard InChI is InChI=1S/C17H22ClN3O4S/c1-21(2)5-4-19-16(22)11-8-12(18)13(9-14(11)24-3)20-17(23)15-10-26-7-6-25-15/h8-10H,4-7H2,1-3H3,(H,19,22)(H,20,23). The van der Waals surface area contributed by atoms with Gasteiger partial charge < -0.3 is 25.0 Å². The molecule has 9 heteroatoms. The molecule has 0 saturated heterocycles. The van der Waals surface area contributed by atoms with E-state index in [4.69, 9.17) is 21.1 Å². The molecule has 0 unspecified atom stereocenters. The summed E-state index contributed by atoms with van der Waals surface area (Å²) >= 11 is 7.75. The summed E-state index contributed by atoms with van der Waals surface area (Å²) in [5.41, 5.74) is 0.649. The Morgan fingerprint density at radius 1 is 1.35 bits per heavy atom. The van der Waals surface area contributed by atoms with E-state index in [-0.39, 0.29) is 16.7 Å². The van der Waals surface area contributed by atoms with Crippen LogP contribution in [0.3, 0.4) is 0 Å². The molecule has 142 valence electrons. The van der Waals surface area contributed by atoms with E-state index in [0.29, 0.717) is 36.7 Å². The second-order valence-corrected chi connectivity index (χ2v) is 7.13.